The minimum absolute atomic E-state index is 0.338. The van der Waals surface area contributed by atoms with Gasteiger partial charge in [-0.2, -0.15) is 0 Å². The van der Waals surface area contributed by atoms with Crippen molar-refractivity contribution in [3.05, 3.63) is 64.7 Å². The molecule has 0 heterocycles. The van der Waals surface area contributed by atoms with E-state index in [4.69, 9.17) is 4.74 Å². The highest BCUT2D eigenvalue weighted by Gasteiger charge is 2.29. The first-order valence-electron chi connectivity index (χ1n) is 7.04. The predicted octanol–water partition coefficient (Wildman–Crippen LogP) is 4.85. The molecule has 0 saturated carbocycles. The maximum Gasteiger partial charge on any atom is 0.123 e. The molecule has 20 heavy (non-hydrogen) atoms. The van der Waals surface area contributed by atoms with Crippen LogP contribution in [-0.4, -0.2) is 7.11 Å². The number of benzene rings is 2. The van der Waals surface area contributed by atoms with E-state index in [1.54, 1.807) is 7.11 Å². The first kappa shape index (κ1) is 13.7. The van der Waals surface area contributed by atoms with E-state index in [9.17, 15) is 0 Å². The Hall–Kier alpha value is -1.28. The second kappa shape index (κ2) is 5.61. The molecule has 2 aromatic carbocycles. The average molecular weight is 331 g/mol. The van der Waals surface area contributed by atoms with Crippen LogP contribution in [0.15, 0.2) is 42.5 Å². The lowest BCUT2D eigenvalue weighted by Crippen LogP contribution is -2.09. The number of methoxy groups -OCH3 is 1. The molecule has 2 heteroatoms. The average Bonchev–Trinajstić information content (AvgIpc) is 2.90. The smallest absolute Gasteiger partial charge is 0.123 e. The topological polar surface area (TPSA) is 9.23 Å². The fourth-order valence-corrected chi connectivity index (χ4v) is 3.85. The van der Waals surface area contributed by atoms with E-state index in [1.165, 1.54) is 22.3 Å². The molecule has 1 aliphatic carbocycles. The number of fused-ring (bicyclic) bond motifs is 1. The van der Waals surface area contributed by atoms with Gasteiger partial charge >= 0.3 is 0 Å². The largest absolute Gasteiger partial charge is 0.496 e. The maximum absolute atomic E-state index is 5.53. The van der Waals surface area contributed by atoms with Gasteiger partial charge in [0.2, 0.25) is 0 Å². The normalized spacial score (nSPS) is 15.9. The summed E-state index contributed by atoms with van der Waals surface area (Å²) in [5.41, 5.74) is 5.54. The minimum Gasteiger partial charge on any atom is -0.496 e. The third kappa shape index (κ3) is 2.49. The maximum atomic E-state index is 5.53. The summed E-state index contributed by atoms with van der Waals surface area (Å²) >= 11 is 3.92. The van der Waals surface area contributed by atoms with E-state index in [1.807, 2.05) is 0 Å². The zero-order valence-electron chi connectivity index (χ0n) is 11.9. The first-order chi connectivity index (χ1) is 9.69. The molecule has 0 saturated heterocycles. The Balaban J connectivity index is 1.88. The minimum atomic E-state index is 0.338. The summed E-state index contributed by atoms with van der Waals surface area (Å²) in [4.78, 5) is 0.338. The van der Waals surface area contributed by atoms with Crippen molar-refractivity contribution in [2.45, 2.75) is 24.6 Å². The number of hydrogen-bond donors (Lipinski definition) is 0. The van der Waals surface area contributed by atoms with Crippen LogP contribution in [0.4, 0.5) is 0 Å². The van der Waals surface area contributed by atoms with Crippen LogP contribution in [0.25, 0.3) is 0 Å². The third-order valence-electron chi connectivity index (χ3n) is 4.18. The molecular weight excluding hydrogens is 312 g/mol. The molecule has 104 valence electrons. The number of halogens is 1. The lowest BCUT2D eigenvalue weighted by atomic mass is 9.95. The number of ether oxygens (including phenoxy) is 1. The number of alkyl halides is 1. The highest BCUT2D eigenvalue weighted by molar-refractivity contribution is 9.09. The molecule has 2 aromatic rings. The lowest BCUT2D eigenvalue weighted by molar-refractivity contribution is 0.404. The van der Waals surface area contributed by atoms with E-state index >= 15 is 0 Å². The fourth-order valence-electron chi connectivity index (χ4n) is 3.12. The summed E-state index contributed by atoms with van der Waals surface area (Å²) in [5.74, 6) is 1.58. The van der Waals surface area contributed by atoms with Crippen molar-refractivity contribution in [2.24, 2.45) is 5.92 Å². The fraction of sp³-hybridized carbons (Fsp3) is 0.333. The molecule has 0 amide bonds. The molecule has 0 fully saturated rings. The van der Waals surface area contributed by atoms with E-state index < -0.39 is 0 Å². The van der Waals surface area contributed by atoms with Crippen LogP contribution < -0.4 is 4.74 Å². The third-order valence-corrected chi connectivity index (χ3v) is 5.42. The van der Waals surface area contributed by atoms with Crippen molar-refractivity contribution in [3.8, 4) is 5.75 Å². The van der Waals surface area contributed by atoms with Crippen LogP contribution in [-0.2, 0) is 12.8 Å². The van der Waals surface area contributed by atoms with Gasteiger partial charge in [0, 0.05) is 10.4 Å². The molecule has 0 aliphatic heterocycles. The number of rotatable bonds is 3. The summed E-state index contributed by atoms with van der Waals surface area (Å²) in [5, 5.41) is 0. The summed E-state index contributed by atoms with van der Waals surface area (Å²) in [6.07, 6.45) is 2.28. The Kier molecular flexibility index (Phi) is 3.84. The van der Waals surface area contributed by atoms with Crippen molar-refractivity contribution < 1.29 is 4.74 Å². The number of hydrogen-bond acceptors (Lipinski definition) is 1. The van der Waals surface area contributed by atoms with E-state index in [0.29, 0.717) is 10.7 Å². The van der Waals surface area contributed by atoms with Gasteiger partial charge in [-0.25, -0.2) is 0 Å². The zero-order valence-corrected chi connectivity index (χ0v) is 13.5. The molecule has 0 N–H and O–H groups in total. The van der Waals surface area contributed by atoms with Gasteiger partial charge in [0.25, 0.3) is 0 Å². The standard InChI is InChI=1S/C18H19BrO/c1-12-7-8-17(20-2)16(9-12)18(19)15-10-13-5-3-4-6-14(13)11-15/h3-9,15,18H,10-11H2,1-2H3. The first-order valence-corrected chi connectivity index (χ1v) is 7.96. The quantitative estimate of drug-likeness (QED) is 0.730. The Morgan fingerprint density at radius 3 is 2.35 bits per heavy atom. The second-order valence-corrected chi connectivity index (χ2v) is 6.57. The van der Waals surface area contributed by atoms with Crippen molar-refractivity contribution in [1.29, 1.82) is 0 Å². The van der Waals surface area contributed by atoms with Crippen molar-refractivity contribution >= 4 is 15.9 Å². The van der Waals surface area contributed by atoms with Gasteiger partial charge in [-0.1, -0.05) is 57.9 Å². The van der Waals surface area contributed by atoms with Crippen LogP contribution in [0.1, 0.15) is 27.1 Å². The Labute approximate surface area is 129 Å². The predicted molar refractivity (Wildman–Crippen MR) is 86.7 cm³/mol. The SMILES string of the molecule is COc1ccc(C)cc1C(Br)C1Cc2ccccc2C1. The molecule has 0 spiro atoms. The number of aryl methyl sites for hydroxylation is 1. The summed E-state index contributed by atoms with van der Waals surface area (Å²) < 4.78 is 5.53. The monoisotopic (exact) mass is 330 g/mol. The molecule has 1 atom stereocenters. The molecule has 0 aromatic heterocycles. The molecule has 0 bridgehead atoms. The highest BCUT2D eigenvalue weighted by atomic mass is 79.9. The van der Waals surface area contributed by atoms with Gasteiger partial charge in [0.15, 0.2) is 0 Å². The summed E-state index contributed by atoms with van der Waals surface area (Å²) in [6, 6.07) is 15.2. The molecule has 1 aliphatic rings. The highest BCUT2D eigenvalue weighted by Crippen LogP contribution is 2.43. The summed E-state index contributed by atoms with van der Waals surface area (Å²) in [7, 11) is 1.75. The van der Waals surface area contributed by atoms with E-state index in [0.717, 1.165) is 18.6 Å². The van der Waals surface area contributed by atoms with Crippen molar-refractivity contribution in [1.82, 2.24) is 0 Å². The molecule has 1 unspecified atom stereocenters. The van der Waals surface area contributed by atoms with Crippen LogP contribution in [0.5, 0.6) is 5.75 Å². The van der Waals surface area contributed by atoms with Crippen LogP contribution in [0.3, 0.4) is 0 Å². The van der Waals surface area contributed by atoms with Gasteiger partial charge in [-0.3, -0.25) is 0 Å². The lowest BCUT2D eigenvalue weighted by Gasteiger charge is -2.20. The van der Waals surface area contributed by atoms with Gasteiger partial charge in [0.05, 0.1) is 7.11 Å². The van der Waals surface area contributed by atoms with Gasteiger partial charge < -0.3 is 4.74 Å². The van der Waals surface area contributed by atoms with Crippen LogP contribution in [0.2, 0.25) is 0 Å². The van der Waals surface area contributed by atoms with E-state index in [-0.39, 0.29) is 0 Å². The Morgan fingerprint density at radius 1 is 1.10 bits per heavy atom. The Morgan fingerprint density at radius 2 is 1.75 bits per heavy atom. The molecule has 1 nitrogen and oxygen atoms in total. The van der Waals surface area contributed by atoms with Crippen molar-refractivity contribution in [2.75, 3.05) is 7.11 Å². The molecular formula is C18H19BrO. The van der Waals surface area contributed by atoms with Crippen LogP contribution >= 0.6 is 15.9 Å². The molecule has 0 radical (unpaired) electrons. The second-order valence-electron chi connectivity index (χ2n) is 5.58. The molecule has 3 rings (SSSR count). The van der Waals surface area contributed by atoms with Gasteiger partial charge in [-0.15, -0.1) is 0 Å². The summed E-state index contributed by atoms with van der Waals surface area (Å²) in [6.45, 7) is 2.13. The van der Waals surface area contributed by atoms with E-state index in [2.05, 4.69) is 65.3 Å². The van der Waals surface area contributed by atoms with Gasteiger partial charge in [-0.05, 0) is 42.9 Å². The van der Waals surface area contributed by atoms with Crippen molar-refractivity contribution in [3.63, 3.8) is 0 Å². The van der Waals surface area contributed by atoms with Crippen LogP contribution in [0, 0.1) is 12.8 Å². The Bertz CT molecular complexity index is 596. The zero-order chi connectivity index (χ0) is 14.1. The van der Waals surface area contributed by atoms with Gasteiger partial charge in [0.1, 0.15) is 5.75 Å².